The maximum absolute atomic E-state index is 9.05. The summed E-state index contributed by atoms with van der Waals surface area (Å²) in [4.78, 5) is 7.14. The molecule has 0 amide bonds. The van der Waals surface area contributed by atoms with Gasteiger partial charge in [-0.25, -0.2) is 4.98 Å². The van der Waals surface area contributed by atoms with Gasteiger partial charge in [-0.1, -0.05) is 29.8 Å². The number of rotatable bonds is 3. The standard InChI is InChI=1S/C20H20ClN5/c21-17-10-14(11-22)7-8-15(17)12-26-19-6-2-1-5-18(19)24-20(26)25-9-3-4-16(23)13-25/h1-2,5-8,10,16H,3-4,9,12-13,23H2/t16-/m1/s1. The summed E-state index contributed by atoms with van der Waals surface area (Å²) in [6, 6.07) is 15.9. The highest BCUT2D eigenvalue weighted by atomic mass is 35.5. The summed E-state index contributed by atoms with van der Waals surface area (Å²) in [5.74, 6) is 0.932. The van der Waals surface area contributed by atoms with Gasteiger partial charge < -0.3 is 15.2 Å². The molecule has 4 rings (SSSR count). The molecule has 1 saturated heterocycles. The van der Waals surface area contributed by atoms with Crippen LogP contribution in [-0.2, 0) is 6.54 Å². The van der Waals surface area contributed by atoms with E-state index in [1.54, 1.807) is 12.1 Å². The van der Waals surface area contributed by atoms with Gasteiger partial charge in [0.25, 0.3) is 0 Å². The molecule has 6 heteroatoms. The van der Waals surface area contributed by atoms with Crippen molar-refractivity contribution in [2.24, 2.45) is 5.73 Å². The molecule has 0 radical (unpaired) electrons. The van der Waals surface area contributed by atoms with Gasteiger partial charge in [0.1, 0.15) is 0 Å². The molecule has 0 saturated carbocycles. The Bertz CT molecular complexity index is 988. The molecule has 1 aromatic heterocycles. The van der Waals surface area contributed by atoms with E-state index in [0.29, 0.717) is 17.1 Å². The average Bonchev–Trinajstić information content (AvgIpc) is 3.02. The second-order valence-corrected chi connectivity index (χ2v) is 7.16. The van der Waals surface area contributed by atoms with E-state index < -0.39 is 0 Å². The van der Waals surface area contributed by atoms with Crippen molar-refractivity contribution in [1.29, 1.82) is 5.26 Å². The van der Waals surface area contributed by atoms with Crippen molar-refractivity contribution in [2.45, 2.75) is 25.4 Å². The first-order valence-corrected chi connectivity index (χ1v) is 9.18. The number of halogens is 1. The van der Waals surface area contributed by atoms with Gasteiger partial charge in [0.15, 0.2) is 0 Å². The molecule has 0 unspecified atom stereocenters. The number of imidazole rings is 1. The van der Waals surface area contributed by atoms with Gasteiger partial charge in [0.2, 0.25) is 5.95 Å². The summed E-state index contributed by atoms with van der Waals surface area (Å²) < 4.78 is 2.20. The Morgan fingerprint density at radius 1 is 1.27 bits per heavy atom. The summed E-state index contributed by atoms with van der Waals surface area (Å²) in [6.45, 7) is 2.37. The van der Waals surface area contributed by atoms with Crippen LogP contribution in [0.3, 0.4) is 0 Å². The predicted molar refractivity (Wildman–Crippen MR) is 104 cm³/mol. The van der Waals surface area contributed by atoms with Gasteiger partial charge in [-0.05, 0) is 42.7 Å². The smallest absolute Gasteiger partial charge is 0.206 e. The van der Waals surface area contributed by atoms with E-state index in [-0.39, 0.29) is 6.04 Å². The molecule has 1 aliphatic heterocycles. The second kappa shape index (κ2) is 6.99. The number of para-hydroxylation sites is 2. The molecule has 2 heterocycles. The highest BCUT2D eigenvalue weighted by Crippen LogP contribution is 2.28. The first-order valence-electron chi connectivity index (χ1n) is 8.80. The van der Waals surface area contributed by atoms with Crippen LogP contribution in [0.1, 0.15) is 24.0 Å². The van der Waals surface area contributed by atoms with Crippen LogP contribution in [0.2, 0.25) is 5.02 Å². The van der Waals surface area contributed by atoms with E-state index in [1.165, 1.54) is 0 Å². The van der Waals surface area contributed by atoms with Crippen LogP contribution in [0.15, 0.2) is 42.5 Å². The Balaban J connectivity index is 1.78. The number of anilines is 1. The number of nitriles is 1. The van der Waals surface area contributed by atoms with Gasteiger partial charge in [-0.15, -0.1) is 0 Å². The highest BCUT2D eigenvalue weighted by Gasteiger charge is 2.23. The van der Waals surface area contributed by atoms with Crippen LogP contribution in [-0.4, -0.2) is 28.7 Å². The number of nitrogens with zero attached hydrogens (tertiary/aromatic N) is 4. The third kappa shape index (κ3) is 3.14. The normalized spacial score (nSPS) is 17.4. The maximum Gasteiger partial charge on any atom is 0.206 e. The van der Waals surface area contributed by atoms with Gasteiger partial charge >= 0.3 is 0 Å². The van der Waals surface area contributed by atoms with Crippen LogP contribution in [0, 0.1) is 11.3 Å². The SMILES string of the molecule is N#Cc1ccc(Cn2c(N3CCC[C@@H](N)C3)nc3ccccc32)c(Cl)c1. The molecule has 1 atom stereocenters. The molecule has 2 N–H and O–H groups in total. The Labute approximate surface area is 157 Å². The van der Waals surface area contributed by atoms with Crippen molar-refractivity contribution in [2.75, 3.05) is 18.0 Å². The molecule has 0 aliphatic carbocycles. The third-order valence-corrected chi connectivity index (χ3v) is 5.24. The monoisotopic (exact) mass is 365 g/mol. The Hall–Kier alpha value is -2.55. The quantitative estimate of drug-likeness (QED) is 0.770. The van der Waals surface area contributed by atoms with E-state index in [0.717, 1.165) is 48.5 Å². The lowest BCUT2D eigenvalue weighted by molar-refractivity contribution is 0.495. The minimum absolute atomic E-state index is 0.176. The zero-order chi connectivity index (χ0) is 18.1. The largest absolute Gasteiger partial charge is 0.341 e. The van der Waals surface area contributed by atoms with E-state index in [2.05, 4.69) is 21.6 Å². The van der Waals surface area contributed by atoms with Gasteiger partial charge in [-0.3, -0.25) is 0 Å². The van der Waals surface area contributed by atoms with Crippen LogP contribution >= 0.6 is 11.6 Å². The van der Waals surface area contributed by atoms with Crippen molar-refractivity contribution in [3.63, 3.8) is 0 Å². The van der Waals surface area contributed by atoms with Crippen LogP contribution < -0.4 is 10.6 Å². The van der Waals surface area contributed by atoms with Crippen LogP contribution in [0.25, 0.3) is 11.0 Å². The Kier molecular flexibility index (Phi) is 4.54. The van der Waals surface area contributed by atoms with Crippen molar-refractivity contribution in [1.82, 2.24) is 9.55 Å². The third-order valence-electron chi connectivity index (χ3n) is 4.89. The lowest BCUT2D eigenvalue weighted by Gasteiger charge is -2.32. The molecule has 2 aromatic carbocycles. The number of aromatic nitrogens is 2. The lowest BCUT2D eigenvalue weighted by Crippen LogP contribution is -2.44. The lowest BCUT2D eigenvalue weighted by atomic mass is 10.1. The fraction of sp³-hybridized carbons (Fsp3) is 0.300. The van der Waals surface area contributed by atoms with Crippen molar-refractivity contribution < 1.29 is 0 Å². The number of nitrogens with two attached hydrogens (primary N) is 1. The molecule has 5 nitrogen and oxygen atoms in total. The van der Waals surface area contributed by atoms with Crippen molar-refractivity contribution in [3.8, 4) is 6.07 Å². The van der Waals surface area contributed by atoms with E-state index in [4.69, 9.17) is 27.6 Å². The molecule has 132 valence electrons. The second-order valence-electron chi connectivity index (χ2n) is 6.75. The predicted octanol–water partition coefficient (Wildman–Crippen LogP) is 3.54. The van der Waals surface area contributed by atoms with Gasteiger partial charge in [0, 0.05) is 24.2 Å². The molecule has 26 heavy (non-hydrogen) atoms. The number of benzene rings is 2. The molecule has 1 aliphatic rings. The summed E-state index contributed by atoms with van der Waals surface area (Å²) in [7, 11) is 0. The van der Waals surface area contributed by atoms with Gasteiger partial charge in [0.05, 0.1) is 29.2 Å². The minimum atomic E-state index is 0.176. The van der Waals surface area contributed by atoms with E-state index >= 15 is 0 Å². The Morgan fingerprint density at radius 2 is 2.12 bits per heavy atom. The zero-order valence-corrected chi connectivity index (χ0v) is 15.2. The number of hydrogen-bond acceptors (Lipinski definition) is 4. The first-order chi connectivity index (χ1) is 12.7. The topological polar surface area (TPSA) is 70.9 Å². The van der Waals surface area contributed by atoms with Crippen LogP contribution in [0.4, 0.5) is 5.95 Å². The van der Waals surface area contributed by atoms with Crippen LogP contribution in [0.5, 0.6) is 0 Å². The van der Waals surface area contributed by atoms with Gasteiger partial charge in [-0.2, -0.15) is 5.26 Å². The average molecular weight is 366 g/mol. The fourth-order valence-electron chi connectivity index (χ4n) is 3.57. The molecule has 0 bridgehead atoms. The van der Waals surface area contributed by atoms with E-state index in [1.807, 2.05) is 24.3 Å². The van der Waals surface area contributed by atoms with Crippen molar-refractivity contribution >= 4 is 28.6 Å². The first kappa shape index (κ1) is 16.9. The van der Waals surface area contributed by atoms with E-state index in [9.17, 15) is 0 Å². The summed E-state index contributed by atoms with van der Waals surface area (Å²) >= 11 is 6.42. The molecule has 1 fully saturated rings. The molecular weight excluding hydrogens is 346 g/mol. The fourth-order valence-corrected chi connectivity index (χ4v) is 3.81. The molecule has 0 spiro atoms. The summed E-state index contributed by atoms with van der Waals surface area (Å²) in [6.07, 6.45) is 2.13. The highest BCUT2D eigenvalue weighted by molar-refractivity contribution is 6.31. The number of hydrogen-bond donors (Lipinski definition) is 1. The summed E-state index contributed by atoms with van der Waals surface area (Å²) in [5.41, 5.74) is 9.76. The zero-order valence-electron chi connectivity index (χ0n) is 14.4. The summed E-state index contributed by atoms with van der Waals surface area (Å²) in [5, 5.41) is 9.65. The molecular formula is C20H20ClN5. The number of piperidine rings is 1. The van der Waals surface area contributed by atoms with Crippen molar-refractivity contribution in [3.05, 3.63) is 58.6 Å². The Morgan fingerprint density at radius 3 is 2.88 bits per heavy atom. The molecule has 3 aromatic rings. The minimum Gasteiger partial charge on any atom is -0.341 e. The maximum atomic E-state index is 9.05. The number of fused-ring (bicyclic) bond motifs is 1.